The quantitative estimate of drug-likeness (QED) is 0.802. The minimum Gasteiger partial charge on any atom is -0.381 e. The summed E-state index contributed by atoms with van der Waals surface area (Å²) < 4.78 is 28.4. The van der Waals surface area contributed by atoms with Gasteiger partial charge in [-0.05, 0) is 47.4 Å². The van der Waals surface area contributed by atoms with Crippen LogP contribution in [0.5, 0.6) is 0 Å². The van der Waals surface area contributed by atoms with E-state index in [0.717, 1.165) is 21.3 Å². The van der Waals surface area contributed by atoms with Gasteiger partial charge in [0.15, 0.2) is 9.84 Å². The molecule has 21 heavy (non-hydrogen) atoms. The van der Waals surface area contributed by atoms with Crippen LogP contribution in [-0.2, 0) is 16.4 Å². The summed E-state index contributed by atoms with van der Waals surface area (Å²) in [4.78, 5) is 0.347. The van der Waals surface area contributed by atoms with E-state index in [2.05, 4.69) is 9.69 Å². The number of anilines is 1. The first kappa shape index (κ1) is 14.0. The number of rotatable bonds is 4. The molecule has 108 valence electrons. The Kier molecular flexibility index (Phi) is 3.65. The molecule has 0 bridgehead atoms. The van der Waals surface area contributed by atoms with Gasteiger partial charge < -0.3 is 5.32 Å². The summed E-state index contributed by atoms with van der Waals surface area (Å²) >= 11 is 1.47. The van der Waals surface area contributed by atoms with E-state index >= 15 is 0 Å². The highest BCUT2D eigenvalue weighted by atomic mass is 32.2. The average Bonchev–Trinajstić information content (AvgIpc) is 2.92. The Morgan fingerprint density at radius 1 is 1.19 bits per heavy atom. The van der Waals surface area contributed by atoms with Gasteiger partial charge in [-0.15, -0.1) is 0 Å². The molecule has 3 aromatic rings. The first-order valence-electron chi connectivity index (χ1n) is 6.40. The molecule has 0 fully saturated rings. The third-order valence-corrected chi connectivity index (χ3v) is 5.07. The van der Waals surface area contributed by atoms with E-state index in [1.165, 1.54) is 17.8 Å². The second kappa shape index (κ2) is 5.46. The molecule has 0 atom stereocenters. The van der Waals surface area contributed by atoms with Gasteiger partial charge in [0.1, 0.15) is 0 Å². The number of fused-ring (bicyclic) bond motifs is 1. The van der Waals surface area contributed by atoms with Crippen molar-refractivity contribution in [3.8, 4) is 0 Å². The summed E-state index contributed by atoms with van der Waals surface area (Å²) in [6, 6.07) is 13.1. The molecule has 0 aliphatic carbocycles. The maximum absolute atomic E-state index is 11.5. The van der Waals surface area contributed by atoms with Gasteiger partial charge in [-0.1, -0.05) is 12.1 Å². The Balaban J connectivity index is 1.78. The van der Waals surface area contributed by atoms with Crippen molar-refractivity contribution in [3.05, 3.63) is 54.2 Å². The van der Waals surface area contributed by atoms with Crippen LogP contribution in [0.1, 0.15) is 5.56 Å². The molecule has 1 N–H and O–H groups in total. The molecule has 0 aliphatic heterocycles. The van der Waals surface area contributed by atoms with Crippen LogP contribution in [0.4, 0.5) is 5.69 Å². The third kappa shape index (κ3) is 3.22. The van der Waals surface area contributed by atoms with E-state index in [1.54, 1.807) is 18.2 Å². The number of nitrogens with one attached hydrogen (secondary N) is 1. The molecule has 0 radical (unpaired) electrons. The molecule has 1 aromatic heterocycles. The Morgan fingerprint density at radius 2 is 2.05 bits per heavy atom. The molecule has 4 nitrogen and oxygen atoms in total. The zero-order valence-corrected chi connectivity index (χ0v) is 13.0. The fraction of sp³-hybridized carbons (Fsp3) is 0.133. The lowest BCUT2D eigenvalue weighted by molar-refractivity contribution is 0.602. The minimum absolute atomic E-state index is 0.347. The molecule has 0 unspecified atom stereocenters. The summed E-state index contributed by atoms with van der Waals surface area (Å²) in [7, 11) is -3.16. The molecule has 0 amide bonds. The zero-order chi connectivity index (χ0) is 14.9. The molecular formula is C15H14N2O2S2. The van der Waals surface area contributed by atoms with Crippen LogP contribution in [-0.4, -0.2) is 19.0 Å². The van der Waals surface area contributed by atoms with Crippen LogP contribution in [0.3, 0.4) is 0 Å². The van der Waals surface area contributed by atoms with Gasteiger partial charge in [-0.25, -0.2) is 8.42 Å². The van der Waals surface area contributed by atoms with Gasteiger partial charge in [0, 0.05) is 30.1 Å². The second-order valence-corrected chi connectivity index (χ2v) is 7.70. The van der Waals surface area contributed by atoms with E-state index in [9.17, 15) is 8.42 Å². The van der Waals surface area contributed by atoms with Gasteiger partial charge in [0.05, 0.1) is 9.60 Å². The molecule has 0 aliphatic rings. The van der Waals surface area contributed by atoms with Crippen LogP contribution in [0, 0.1) is 0 Å². The number of sulfone groups is 1. The lowest BCUT2D eigenvalue weighted by atomic mass is 10.2. The van der Waals surface area contributed by atoms with E-state index in [0.29, 0.717) is 11.4 Å². The number of hydrogen-bond donors (Lipinski definition) is 1. The van der Waals surface area contributed by atoms with E-state index < -0.39 is 9.84 Å². The summed E-state index contributed by atoms with van der Waals surface area (Å²) in [6.07, 6.45) is 3.06. The van der Waals surface area contributed by atoms with Gasteiger partial charge in [-0.3, -0.25) is 0 Å². The van der Waals surface area contributed by atoms with Crippen molar-refractivity contribution >= 4 is 37.1 Å². The highest BCUT2D eigenvalue weighted by molar-refractivity contribution is 7.90. The number of hydrogen-bond acceptors (Lipinski definition) is 5. The zero-order valence-electron chi connectivity index (χ0n) is 11.4. The van der Waals surface area contributed by atoms with Crippen molar-refractivity contribution in [3.63, 3.8) is 0 Å². The Bertz CT molecular complexity index is 885. The summed E-state index contributed by atoms with van der Waals surface area (Å²) in [5, 5.41) is 4.41. The predicted molar refractivity (Wildman–Crippen MR) is 86.5 cm³/mol. The fourth-order valence-corrected chi connectivity index (χ4v) is 3.39. The van der Waals surface area contributed by atoms with Gasteiger partial charge >= 0.3 is 0 Å². The smallest absolute Gasteiger partial charge is 0.175 e. The van der Waals surface area contributed by atoms with Crippen molar-refractivity contribution in [1.82, 2.24) is 4.37 Å². The Labute approximate surface area is 127 Å². The van der Waals surface area contributed by atoms with Gasteiger partial charge in [-0.2, -0.15) is 4.37 Å². The Hall–Kier alpha value is -1.92. The van der Waals surface area contributed by atoms with E-state index in [1.807, 2.05) is 30.5 Å². The van der Waals surface area contributed by atoms with Crippen LogP contribution in [0.25, 0.3) is 10.1 Å². The first-order valence-corrected chi connectivity index (χ1v) is 9.06. The highest BCUT2D eigenvalue weighted by Gasteiger charge is 2.07. The summed E-state index contributed by atoms with van der Waals surface area (Å²) in [5.74, 6) is 0. The van der Waals surface area contributed by atoms with Crippen LogP contribution >= 0.6 is 11.5 Å². The molecule has 2 aromatic carbocycles. The van der Waals surface area contributed by atoms with Crippen molar-refractivity contribution < 1.29 is 8.42 Å². The lowest BCUT2D eigenvalue weighted by Crippen LogP contribution is -2.02. The summed E-state index contributed by atoms with van der Waals surface area (Å²) in [6.45, 7) is 0.576. The maximum Gasteiger partial charge on any atom is 0.175 e. The SMILES string of the molecule is CS(=O)(=O)c1cccc(CNc2ccc3sncc3c2)c1. The fourth-order valence-electron chi connectivity index (χ4n) is 2.07. The first-order chi connectivity index (χ1) is 10.0. The third-order valence-electron chi connectivity index (χ3n) is 3.18. The predicted octanol–water partition coefficient (Wildman–Crippen LogP) is 3.31. The van der Waals surface area contributed by atoms with E-state index in [4.69, 9.17) is 0 Å². The number of nitrogens with zero attached hydrogens (tertiary/aromatic N) is 1. The van der Waals surface area contributed by atoms with Crippen LogP contribution in [0.15, 0.2) is 53.6 Å². The second-order valence-electron chi connectivity index (χ2n) is 4.85. The van der Waals surface area contributed by atoms with Crippen molar-refractivity contribution in [2.45, 2.75) is 11.4 Å². The molecule has 1 heterocycles. The van der Waals surface area contributed by atoms with Crippen LogP contribution < -0.4 is 5.32 Å². The molecule has 0 saturated heterocycles. The van der Waals surface area contributed by atoms with E-state index in [-0.39, 0.29) is 0 Å². The van der Waals surface area contributed by atoms with Gasteiger partial charge in [0.2, 0.25) is 0 Å². The highest BCUT2D eigenvalue weighted by Crippen LogP contribution is 2.22. The van der Waals surface area contributed by atoms with Crippen LogP contribution in [0.2, 0.25) is 0 Å². The van der Waals surface area contributed by atoms with Crippen molar-refractivity contribution in [1.29, 1.82) is 0 Å². The number of aromatic nitrogens is 1. The molecular weight excluding hydrogens is 304 g/mol. The normalized spacial score (nSPS) is 11.7. The molecule has 6 heteroatoms. The van der Waals surface area contributed by atoms with Crippen molar-refractivity contribution in [2.75, 3.05) is 11.6 Å². The minimum atomic E-state index is -3.16. The molecule has 0 saturated carbocycles. The molecule has 3 rings (SSSR count). The van der Waals surface area contributed by atoms with Gasteiger partial charge in [0.25, 0.3) is 0 Å². The largest absolute Gasteiger partial charge is 0.381 e. The topological polar surface area (TPSA) is 59.1 Å². The lowest BCUT2D eigenvalue weighted by Gasteiger charge is -2.08. The standard InChI is InChI=1S/C15H14N2O2S2/c1-21(18,19)14-4-2-3-11(7-14)9-16-13-5-6-15-12(8-13)10-17-20-15/h2-8,10,16H,9H2,1H3. The monoisotopic (exact) mass is 318 g/mol. The average molecular weight is 318 g/mol. The number of benzene rings is 2. The van der Waals surface area contributed by atoms with Crippen molar-refractivity contribution in [2.24, 2.45) is 0 Å². The summed E-state index contributed by atoms with van der Waals surface area (Å²) in [5.41, 5.74) is 1.92. The maximum atomic E-state index is 11.5. The molecule has 0 spiro atoms. The Morgan fingerprint density at radius 3 is 2.86 bits per heavy atom.